The quantitative estimate of drug-likeness (QED) is 0.813. The van der Waals surface area contributed by atoms with Crippen molar-refractivity contribution in [2.45, 2.75) is 55.8 Å². The normalized spacial score (nSPS) is 22.9. The van der Waals surface area contributed by atoms with Crippen LogP contribution in [0.5, 0.6) is 0 Å². The summed E-state index contributed by atoms with van der Waals surface area (Å²) >= 11 is 1.80. The largest absolute Gasteiger partial charge is 0.394 e. The molecule has 0 saturated heterocycles. The van der Waals surface area contributed by atoms with Crippen molar-refractivity contribution < 1.29 is 13.5 Å². The Morgan fingerprint density at radius 1 is 1.43 bits per heavy atom. The van der Waals surface area contributed by atoms with E-state index in [4.69, 9.17) is 5.11 Å². The van der Waals surface area contributed by atoms with Gasteiger partial charge in [0.15, 0.2) is 0 Å². The highest BCUT2D eigenvalue weighted by Crippen LogP contribution is 2.29. The molecule has 1 aliphatic carbocycles. The molecule has 0 aliphatic heterocycles. The van der Waals surface area contributed by atoms with Gasteiger partial charge in [0.25, 0.3) is 0 Å². The van der Waals surface area contributed by atoms with Crippen LogP contribution in [-0.4, -0.2) is 47.5 Å². The predicted octanol–water partition coefficient (Wildman–Crippen LogP) is 1.05. The third-order valence-corrected chi connectivity index (χ3v) is 6.80. The molecular formula is C13H23N3O3S2. The summed E-state index contributed by atoms with van der Waals surface area (Å²) in [4.78, 5) is 0.253. The van der Waals surface area contributed by atoms with E-state index in [0.29, 0.717) is 23.2 Å². The van der Waals surface area contributed by atoms with Crippen LogP contribution < -0.4 is 4.72 Å². The molecule has 0 amide bonds. The number of nitrogens with one attached hydrogen (secondary N) is 1. The Morgan fingerprint density at radius 2 is 2.14 bits per heavy atom. The van der Waals surface area contributed by atoms with Gasteiger partial charge in [0.2, 0.25) is 10.0 Å². The third kappa shape index (κ3) is 3.61. The summed E-state index contributed by atoms with van der Waals surface area (Å²) in [5.41, 5.74) is 1.06. The van der Waals surface area contributed by atoms with Crippen LogP contribution in [0, 0.1) is 13.8 Å². The lowest BCUT2D eigenvalue weighted by Crippen LogP contribution is -2.33. The Bertz CT molecular complexity index is 598. The molecule has 0 spiro atoms. The van der Waals surface area contributed by atoms with Crippen molar-refractivity contribution in [3.63, 3.8) is 0 Å². The van der Waals surface area contributed by atoms with Gasteiger partial charge in [0, 0.05) is 11.3 Å². The van der Waals surface area contributed by atoms with E-state index in [-0.39, 0.29) is 17.5 Å². The van der Waals surface area contributed by atoms with Crippen LogP contribution in [0.2, 0.25) is 0 Å². The number of thioether (sulfide) groups is 1. The van der Waals surface area contributed by atoms with Crippen molar-refractivity contribution in [3.8, 4) is 0 Å². The lowest BCUT2D eigenvalue weighted by molar-refractivity contribution is 0.267. The number of aliphatic hydroxyl groups is 1. The van der Waals surface area contributed by atoms with E-state index >= 15 is 0 Å². The van der Waals surface area contributed by atoms with E-state index in [1.165, 1.54) is 0 Å². The lowest BCUT2D eigenvalue weighted by Gasteiger charge is -2.13. The van der Waals surface area contributed by atoms with Crippen LogP contribution in [0.25, 0.3) is 0 Å². The first-order chi connectivity index (χ1) is 9.89. The number of nitrogens with zero attached hydrogens (tertiary/aromatic N) is 2. The molecule has 8 heteroatoms. The number of aromatic nitrogens is 2. The van der Waals surface area contributed by atoms with Crippen LogP contribution in [0.3, 0.4) is 0 Å². The van der Waals surface area contributed by atoms with Crippen LogP contribution >= 0.6 is 11.8 Å². The standard InChI is InChI=1S/C13H23N3O3S2/c1-9-13(10(2)16(14-9)6-7-17)21(18,19)15-11-4-5-12(8-11)20-3/h11-12,15,17H,4-8H2,1-3H3. The molecule has 2 unspecified atom stereocenters. The van der Waals surface area contributed by atoms with Gasteiger partial charge in [0.05, 0.1) is 24.5 Å². The maximum Gasteiger partial charge on any atom is 0.244 e. The minimum atomic E-state index is -3.56. The van der Waals surface area contributed by atoms with Gasteiger partial charge in [-0.2, -0.15) is 16.9 Å². The summed E-state index contributed by atoms with van der Waals surface area (Å²) < 4.78 is 29.6. The van der Waals surface area contributed by atoms with E-state index in [9.17, 15) is 8.42 Å². The molecule has 2 rings (SSSR count). The summed E-state index contributed by atoms with van der Waals surface area (Å²) in [5.74, 6) is 0. The molecule has 1 fully saturated rings. The summed E-state index contributed by atoms with van der Waals surface area (Å²) in [6.45, 7) is 3.66. The van der Waals surface area contributed by atoms with E-state index in [1.807, 2.05) is 0 Å². The Morgan fingerprint density at radius 3 is 2.71 bits per heavy atom. The zero-order valence-electron chi connectivity index (χ0n) is 12.7. The Labute approximate surface area is 130 Å². The topological polar surface area (TPSA) is 84.2 Å². The minimum absolute atomic E-state index is 0.00689. The number of hydrogen-bond acceptors (Lipinski definition) is 5. The van der Waals surface area contributed by atoms with Gasteiger partial charge in [-0.15, -0.1) is 0 Å². The van der Waals surface area contributed by atoms with Crippen LogP contribution in [0.15, 0.2) is 4.90 Å². The minimum Gasteiger partial charge on any atom is -0.394 e. The van der Waals surface area contributed by atoms with Gasteiger partial charge in [-0.3, -0.25) is 4.68 Å². The van der Waals surface area contributed by atoms with Crippen LogP contribution in [0.4, 0.5) is 0 Å². The van der Waals surface area contributed by atoms with E-state index < -0.39 is 10.0 Å². The number of aliphatic hydroxyl groups excluding tert-OH is 1. The molecule has 1 heterocycles. The number of sulfonamides is 1. The summed E-state index contributed by atoms with van der Waals surface area (Å²) in [5, 5.41) is 13.7. The van der Waals surface area contributed by atoms with Crippen molar-refractivity contribution in [2.75, 3.05) is 12.9 Å². The average Bonchev–Trinajstić information content (AvgIpc) is 2.95. The molecule has 0 aromatic carbocycles. The first-order valence-corrected chi connectivity index (χ1v) is 9.86. The second-order valence-electron chi connectivity index (χ2n) is 5.44. The summed E-state index contributed by atoms with van der Waals surface area (Å²) in [7, 11) is -3.56. The maximum absolute atomic E-state index is 12.6. The SMILES string of the molecule is CSC1CCC(NS(=O)(=O)c2c(C)nn(CCO)c2C)C1. The second kappa shape index (κ2) is 6.68. The fourth-order valence-electron chi connectivity index (χ4n) is 2.92. The number of aryl methyl sites for hydroxylation is 1. The van der Waals surface area contributed by atoms with Gasteiger partial charge in [0.1, 0.15) is 4.90 Å². The van der Waals surface area contributed by atoms with E-state index in [2.05, 4.69) is 16.1 Å². The van der Waals surface area contributed by atoms with Gasteiger partial charge in [-0.05, 0) is 39.4 Å². The predicted molar refractivity (Wildman–Crippen MR) is 84.1 cm³/mol. The van der Waals surface area contributed by atoms with E-state index in [1.54, 1.807) is 30.3 Å². The first-order valence-electron chi connectivity index (χ1n) is 7.09. The zero-order valence-corrected chi connectivity index (χ0v) is 14.3. The molecule has 6 nitrogen and oxygen atoms in total. The van der Waals surface area contributed by atoms with Crippen molar-refractivity contribution in [2.24, 2.45) is 0 Å². The molecule has 2 N–H and O–H groups in total. The fraction of sp³-hybridized carbons (Fsp3) is 0.769. The molecule has 21 heavy (non-hydrogen) atoms. The van der Waals surface area contributed by atoms with E-state index in [0.717, 1.165) is 19.3 Å². The molecule has 120 valence electrons. The molecule has 0 bridgehead atoms. The Balaban J connectivity index is 2.20. The maximum atomic E-state index is 12.6. The first kappa shape index (κ1) is 16.8. The highest BCUT2D eigenvalue weighted by atomic mass is 32.2. The molecule has 1 aliphatic rings. The fourth-order valence-corrected chi connectivity index (χ4v) is 5.41. The average molecular weight is 333 g/mol. The van der Waals surface area contributed by atoms with Crippen molar-refractivity contribution in [1.82, 2.24) is 14.5 Å². The summed E-state index contributed by atoms with van der Waals surface area (Å²) in [6.07, 6.45) is 4.88. The van der Waals surface area contributed by atoms with Gasteiger partial charge < -0.3 is 5.11 Å². The molecule has 2 atom stereocenters. The molecule has 1 aromatic rings. The number of hydrogen-bond donors (Lipinski definition) is 2. The molecular weight excluding hydrogens is 310 g/mol. The molecule has 0 radical (unpaired) electrons. The third-order valence-electron chi connectivity index (χ3n) is 3.94. The van der Waals surface area contributed by atoms with Crippen molar-refractivity contribution in [3.05, 3.63) is 11.4 Å². The van der Waals surface area contributed by atoms with Crippen LogP contribution in [-0.2, 0) is 16.6 Å². The highest BCUT2D eigenvalue weighted by molar-refractivity contribution is 7.99. The molecule has 1 aromatic heterocycles. The monoisotopic (exact) mass is 333 g/mol. The second-order valence-corrected chi connectivity index (χ2v) is 8.22. The van der Waals surface area contributed by atoms with Crippen molar-refractivity contribution >= 4 is 21.8 Å². The lowest BCUT2D eigenvalue weighted by atomic mass is 10.3. The zero-order chi connectivity index (χ0) is 15.6. The summed E-state index contributed by atoms with van der Waals surface area (Å²) in [6, 6.07) is 0.00689. The van der Waals surface area contributed by atoms with Gasteiger partial charge >= 0.3 is 0 Å². The Hall–Kier alpha value is -0.570. The van der Waals surface area contributed by atoms with Crippen molar-refractivity contribution in [1.29, 1.82) is 0 Å². The van der Waals surface area contributed by atoms with Gasteiger partial charge in [-0.1, -0.05) is 0 Å². The number of rotatable bonds is 6. The highest BCUT2D eigenvalue weighted by Gasteiger charge is 2.31. The Kier molecular flexibility index (Phi) is 5.34. The smallest absolute Gasteiger partial charge is 0.244 e. The molecule has 1 saturated carbocycles. The van der Waals surface area contributed by atoms with Crippen LogP contribution in [0.1, 0.15) is 30.7 Å². The van der Waals surface area contributed by atoms with Gasteiger partial charge in [-0.25, -0.2) is 13.1 Å².